The molecular formula is C29H29N5O3S. The Morgan fingerprint density at radius 3 is 2.50 bits per heavy atom. The van der Waals surface area contributed by atoms with E-state index >= 15 is 0 Å². The zero-order chi connectivity index (χ0) is 26.6. The number of methoxy groups -OCH3 is 2. The van der Waals surface area contributed by atoms with Gasteiger partial charge in [0, 0.05) is 41.9 Å². The van der Waals surface area contributed by atoms with Crippen molar-refractivity contribution >= 4 is 34.6 Å². The van der Waals surface area contributed by atoms with Crippen molar-refractivity contribution in [2.75, 3.05) is 24.4 Å². The average Bonchev–Trinajstić information content (AvgIpc) is 3.58. The Bertz CT molecular complexity index is 1440. The first kappa shape index (κ1) is 25.3. The number of nitrogens with one attached hydrogen (secondary N) is 2. The summed E-state index contributed by atoms with van der Waals surface area (Å²) in [6.07, 6.45) is 4.20. The summed E-state index contributed by atoms with van der Waals surface area (Å²) in [5, 5.41) is 6.97. The van der Waals surface area contributed by atoms with Gasteiger partial charge in [-0.05, 0) is 72.9 Å². The molecule has 8 nitrogen and oxygen atoms in total. The second-order valence-electron chi connectivity index (χ2n) is 8.78. The van der Waals surface area contributed by atoms with Crippen LogP contribution in [0.2, 0.25) is 0 Å². The van der Waals surface area contributed by atoms with Crippen molar-refractivity contribution in [3.8, 4) is 17.2 Å². The Hall–Kier alpha value is -4.37. The predicted molar refractivity (Wildman–Crippen MR) is 152 cm³/mol. The molecule has 0 bridgehead atoms. The van der Waals surface area contributed by atoms with Gasteiger partial charge in [-0.1, -0.05) is 13.0 Å². The van der Waals surface area contributed by atoms with E-state index in [9.17, 15) is 4.79 Å². The maximum absolute atomic E-state index is 12.0. The van der Waals surface area contributed by atoms with Gasteiger partial charge in [0.25, 0.3) is 0 Å². The van der Waals surface area contributed by atoms with Crippen LogP contribution in [0.1, 0.15) is 36.8 Å². The van der Waals surface area contributed by atoms with Crippen LogP contribution in [0.3, 0.4) is 0 Å². The normalized spacial score (nSPS) is 16.7. The van der Waals surface area contributed by atoms with Gasteiger partial charge in [0.05, 0.1) is 31.6 Å². The average molecular weight is 528 g/mol. The second-order valence-corrected chi connectivity index (χ2v) is 9.17. The zero-order valence-electron chi connectivity index (χ0n) is 21.4. The van der Waals surface area contributed by atoms with E-state index in [1.165, 1.54) is 0 Å². The topological polar surface area (TPSA) is 80.7 Å². The largest absolute Gasteiger partial charge is 0.497 e. The minimum Gasteiger partial charge on any atom is -0.497 e. The number of ether oxygens (including phenoxy) is 2. The Morgan fingerprint density at radius 2 is 1.82 bits per heavy atom. The van der Waals surface area contributed by atoms with E-state index in [1.54, 1.807) is 20.4 Å². The van der Waals surface area contributed by atoms with Crippen molar-refractivity contribution in [3.05, 3.63) is 96.6 Å². The molecule has 0 radical (unpaired) electrons. The highest BCUT2D eigenvalue weighted by Gasteiger charge is 2.42. The van der Waals surface area contributed by atoms with Crippen LogP contribution in [0, 0.1) is 0 Å². The van der Waals surface area contributed by atoms with E-state index in [0.29, 0.717) is 23.0 Å². The fourth-order valence-electron chi connectivity index (χ4n) is 4.72. The van der Waals surface area contributed by atoms with E-state index in [0.717, 1.165) is 28.5 Å². The van der Waals surface area contributed by atoms with Gasteiger partial charge in [-0.15, -0.1) is 0 Å². The Labute approximate surface area is 227 Å². The van der Waals surface area contributed by atoms with E-state index in [-0.39, 0.29) is 18.0 Å². The highest BCUT2D eigenvalue weighted by Crippen LogP contribution is 2.44. The Kier molecular flexibility index (Phi) is 7.28. The molecule has 1 saturated heterocycles. The number of hydrogen-bond donors (Lipinski definition) is 2. The maximum Gasteiger partial charge on any atom is 0.224 e. The number of carbonyl (C=O) groups is 1. The number of thiocarbonyl (C=S) groups is 1. The number of amides is 1. The van der Waals surface area contributed by atoms with Crippen LogP contribution >= 0.6 is 12.2 Å². The van der Waals surface area contributed by atoms with E-state index < -0.39 is 0 Å². The number of benzene rings is 2. The monoisotopic (exact) mass is 527 g/mol. The molecule has 2 N–H and O–H groups in total. The van der Waals surface area contributed by atoms with Crippen LogP contribution in [0.4, 0.5) is 11.4 Å². The summed E-state index contributed by atoms with van der Waals surface area (Å²) in [5.74, 6) is 1.26. The van der Waals surface area contributed by atoms with Crippen molar-refractivity contribution in [2.24, 2.45) is 0 Å². The SMILES string of the molecule is CCC(=O)Nc1ccc(N2C(=S)N[C@H](c3ccccn3)[C@H]2c2cccn2-c2ccc(OC)cc2)cc1OC. The van der Waals surface area contributed by atoms with Crippen molar-refractivity contribution < 1.29 is 14.3 Å². The summed E-state index contributed by atoms with van der Waals surface area (Å²) < 4.78 is 13.1. The standard InChI is InChI=1S/C29H29N5O3S/c1-4-26(35)31-22-15-12-20(18-25(22)37-3)34-28(27(32-29(34)38)23-8-5-6-16-30-23)24-9-7-17-33(24)19-10-13-21(36-2)14-11-19/h5-18,27-28H,4H2,1-3H3,(H,31,35)(H,32,38)/t27-,28-/m1/s1. The molecule has 2 aromatic heterocycles. The molecule has 2 atom stereocenters. The first-order chi connectivity index (χ1) is 18.5. The maximum atomic E-state index is 12.0. The molecule has 1 aliphatic rings. The third-order valence-corrected chi connectivity index (χ3v) is 6.91. The predicted octanol–water partition coefficient (Wildman–Crippen LogP) is 5.42. The van der Waals surface area contributed by atoms with E-state index in [2.05, 4.69) is 31.2 Å². The molecule has 4 aromatic rings. The zero-order valence-corrected chi connectivity index (χ0v) is 22.2. The molecule has 0 aliphatic carbocycles. The van der Waals surface area contributed by atoms with Gasteiger partial charge in [0.15, 0.2) is 5.11 Å². The highest BCUT2D eigenvalue weighted by atomic mass is 32.1. The first-order valence-corrected chi connectivity index (χ1v) is 12.7. The van der Waals surface area contributed by atoms with Crippen molar-refractivity contribution in [1.82, 2.24) is 14.9 Å². The fourth-order valence-corrected chi connectivity index (χ4v) is 5.06. The molecule has 0 spiro atoms. The molecule has 0 unspecified atom stereocenters. The van der Waals surface area contributed by atoms with Crippen molar-refractivity contribution in [3.63, 3.8) is 0 Å². The lowest BCUT2D eigenvalue weighted by atomic mass is 10.0. The number of pyridine rings is 1. The first-order valence-electron chi connectivity index (χ1n) is 12.3. The quantitative estimate of drug-likeness (QED) is 0.296. The number of anilines is 2. The summed E-state index contributed by atoms with van der Waals surface area (Å²) >= 11 is 5.90. The smallest absolute Gasteiger partial charge is 0.224 e. The lowest BCUT2D eigenvalue weighted by Gasteiger charge is -2.29. The summed E-state index contributed by atoms with van der Waals surface area (Å²) in [4.78, 5) is 18.8. The molecule has 3 heterocycles. The second kappa shape index (κ2) is 10.9. The van der Waals surface area contributed by atoms with Crippen LogP contribution in [-0.2, 0) is 4.79 Å². The van der Waals surface area contributed by atoms with Crippen molar-refractivity contribution in [2.45, 2.75) is 25.4 Å². The van der Waals surface area contributed by atoms with Gasteiger partial charge in [-0.2, -0.15) is 0 Å². The van der Waals surface area contributed by atoms with Crippen LogP contribution < -0.4 is 25.0 Å². The molecule has 2 aromatic carbocycles. The van der Waals surface area contributed by atoms with Gasteiger partial charge < -0.3 is 29.6 Å². The number of nitrogens with zero attached hydrogens (tertiary/aromatic N) is 3. The molecule has 0 saturated carbocycles. The molecule has 38 heavy (non-hydrogen) atoms. The molecule has 1 fully saturated rings. The lowest BCUT2D eigenvalue weighted by molar-refractivity contribution is -0.115. The van der Waals surface area contributed by atoms with Crippen LogP contribution in [0.25, 0.3) is 5.69 Å². The van der Waals surface area contributed by atoms with Crippen molar-refractivity contribution in [1.29, 1.82) is 0 Å². The van der Waals surface area contributed by atoms with Gasteiger partial charge in [0.1, 0.15) is 17.5 Å². The van der Waals surface area contributed by atoms with Gasteiger partial charge in [-0.25, -0.2) is 0 Å². The molecule has 5 rings (SSSR count). The molecule has 1 amide bonds. The molecule has 9 heteroatoms. The minimum absolute atomic E-state index is 0.0835. The highest BCUT2D eigenvalue weighted by molar-refractivity contribution is 7.80. The van der Waals surface area contributed by atoms with Crippen LogP contribution in [0.15, 0.2) is 85.2 Å². The molecule has 194 valence electrons. The van der Waals surface area contributed by atoms with E-state index in [4.69, 9.17) is 21.7 Å². The number of hydrogen-bond acceptors (Lipinski definition) is 5. The third kappa shape index (κ3) is 4.80. The van der Waals surface area contributed by atoms with Gasteiger partial charge in [-0.3, -0.25) is 9.78 Å². The fraction of sp³-hybridized carbons (Fsp3) is 0.207. The Morgan fingerprint density at radius 1 is 1.03 bits per heavy atom. The summed E-state index contributed by atoms with van der Waals surface area (Å²) in [6, 6.07) is 23.2. The summed E-state index contributed by atoms with van der Waals surface area (Å²) in [6.45, 7) is 1.81. The van der Waals surface area contributed by atoms with Gasteiger partial charge >= 0.3 is 0 Å². The minimum atomic E-state index is -0.227. The molecular weight excluding hydrogens is 498 g/mol. The van der Waals surface area contributed by atoms with Gasteiger partial charge in [0.2, 0.25) is 5.91 Å². The van der Waals surface area contributed by atoms with Crippen LogP contribution in [-0.4, -0.2) is 34.8 Å². The van der Waals surface area contributed by atoms with Crippen LogP contribution in [0.5, 0.6) is 11.5 Å². The van der Waals surface area contributed by atoms with E-state index in [1.807, 2.05) is 79.9 Å². The molecule has 1 aliphatic heterocycles. The Balaban J connectivity index is 1.61. The summed E-state index contributed by atoms with van der Waals surface area (Å²) in [5.41, 5.74) is 4.35. The number of aromatic nitrogens is 2. The lowest BCUT2D eigenvalue weighted by Crippen LogP contribution is -2.30. The summed E-state index contributed by atoms with van der Waals surface area (Å²) in [7, 11) is 3.24. The third-order valence-electron chi connectivity index (χ3n) is 6.59. The number of carbonyl (C=O) groups excluding carboxylic acids is 1. The number of rotatable bonds is 8.